The summed E-state index contributed by atoms with van der Waals surface area (Å²) in [6, 6.07) is 9.83. The van der Waals surface area contributed by atoms with Crippen molar-refractivity contribution in [3.63, 3.8) is 0 Å². The van der Waals surface area contributed by atoms with Gasteiger partial charge in [0.15, 0.2) is 0 Å². The van der Waals surface area contributed by atoms with Crippen LogP contribution in [0.15, 0.2) is 34.1 Å². The van der Waals surface area contributed by atoms with Crippen molar-refractivity contribution in [3.05, 3.63) is 50.1 Å². The maximum Gasteiger partial charge on any atom is 0.128 e. The van der Waals surface area contributed by atoms with Crippen molar-refractivity contribution in [1.29, 1.82) is 0 Å². The zero-order valence-corrected chi connectivity index (χ0v) is 11.8. The zero-order chi connectivity index (χ0) is 12.3. The van der Waals surface area contributed by atoms with Gasteiger partial charge in [0.2, 0.25) is 0 Å². The third kappa shape index (κ3) is 3.09. The van der Waals surface area contributed by atoms with E-state index in [4.69, 9.17) is 4.74 Å². The lowest BCUT2D eigenvalue weighted by molar-refractivity contribution is 0.259. The number of rotatable bonds is 4. The number of aliphatic hydroxyl groups is 1. The third-order valence-electron chi connectivity index (χ3n) is 2.45. The smallest absolute Gasteiger partial charge is 0.128 e. The monoisotopic (exact) mass is 312 g/mol. The van der Waals surface area contributed by atoms with Crippen molar-refractivity contribution < 1.29 is 9.84 Å². The first kappa shape index (κ1) is 12.6. The summed E-state index contributed by atoms with van der Waals surface area (Å²) in [5.41, 5.74) is 1.88. The van der Waals surface area contributed by atoms with Crippen LogP contribution in [0.5, 0.6) is 5.75 Å². The molecule has 17 heavy (non-hydrogen) atoms. The quantitative estimate of drug-likeness (QED) is 0.928. The van der Waals surface area contributed by atoms with E-state index in [0.717, 1.165) is 25.5 Å². The van der Waals surface area contributed by atoms with Crippen LogP contribution in [0, 0.1) is 6.92 Å². The molecule has 1 aromatic heterocycles. The van der Waals surface area contributed by atoms with Gasteiger partial charge in [-0.1, -0.05) is 18.2 Å². The van der Waals surface area contributed by atoms with Crippen LogP contribution in [0.2, 0.25) is 0 Å². The Bertz CT molecular complexity index is 508. The number of ether oxygens (including phenoxy) is 1. The van der Waals surface area contributed by atoms with Crippen LogP contribution in [0.25, 0.3) is 0 Å². The minimum atomic E-state index is 0.00511. The highest BCUT2D eigenvalue weighted by Gasteiger charge is 2.07. The molecule has 0 aliphatic carbocycles. The lowest BCUT2D eigenvalue weighted by Crippen LogP contribution is -1.99. The van der Waals surface area contributed by atoms with Gasteiger partial charge in [0.25, 0.3) is 0 Å². The van der Waals surface area contributed by atoms with Crippen LogP contribution < -0.4 is 4.74 Å². The second-order valence-electron chi connectivity index (χ2n) is 3.72. The first-order chi connectivity index (χ1) is 8.20. The van der Waals surface area contributed by atoms with E-state index in [2.05, 4.69) is 15.9 Å². The Morgan fingerprint density at radius 2 is 2.12 bits per heavy atom. The van der Waals surface area contributed by atoms with Gasteiger partial charge in [-0.15, -0.1) is 11.3 Å². The molecule has 0 saturated heterocycles. The number of para-hydroxylation sites is 1. The Labute approximate surface area is 113 Å². The number of benzene rings is 1. The summed E-state index contributed by atoms with van der Waals surface area (Å²) in [6.07, 6.45) is 0. The van der Waals surface area contributed by atoms with Gasteiger partial charge in [0.05, 0.1) is 10.4 Å². The summed E-state index contributed by atoms with van der Waals surface area (Å²) in [7, 11) is 0. The van der Waals surface area contributed by atoms with E-state index in [0.29, 0.717) is 6.61 Å². The number of halogens is 1. The van der Waals surface area contributed by atoms with Gasteiger partial charge in [0, 0.05) is 10.4 Å². The average Bonchev–Trinajstić information content (AvgIpc) is 2.73. The summed E-state index contributed by atoms with van der Waals surface area (Å²) in [5.74, 6) is 0.791. The predicted molar refractivity (Wildman–Crippen MR) is 73.5 cm³/mol. The molecule has 4 heteroatoms. The molecular weight excluding hydrogens is 300 g/mol. The third-order valence-corrected chi connectivity index (χ3v) is 4.05. The summed E-state index contributed by atoms with van der Waals surface area (Å²) in [4.78, 5) is 1.16. The Kier molecular flexibility index (Phi) is 4.20. The number of hydrogen-bond acceptors (Lipinski definition) is 3. The van der Waals surface area contributed by atoms with E-state index in [9.17, 15) is 5.11 Å². The van der Waals surface area contributed by atoms with E-state index < -0.39 is 0 Å². The fourth-order valence-electron chi connectivity index (χ4n) is 1.62. The normalized spacial score (nSPS) is 10.5. The first-order valence-electron chi connectivity index (χ1n) is 5.27. The van der Waals surface area contributed by atoms with Crippen molar-refractivity contribution in [1.82, 2.24) is 0 Å². The SMILES string of the molecule is Cc1cccc(CO)c1OCc1ccc(Br)s1. The molecule has 0 bridgehead atoms. The minimum Gasteiger partial charge on any atom is -0.487 e. The fraction of sp³-hybridized carbons (Fsp3) is 0.231. The van der Waals surface area contributed by atoms with Crippen molar-refractivity contribution in [3.8, 4) is 5.75 Å². The molecule has 2 rings (SSSR count). The molecule has 1 aromatic carbocycles. The van der Waals surface area contributed by atoms with E-state index in [1.807, 2.05) is 37.3 Å². The average molecular weight is 313 g/mol. The minimum absolute atomic E-state index is 0.00511. The maximum absolute atomic E-state index is 9.26. The molecule has 0 unspecified atom stereocenters. The van der Waals surface area contributed by atoms with Crippen molar-refractivity contribution >= 4 is 27.3 Å². The summed E-state index contributed by atoms with van der Waals surface area (Å²) in [5, 5.41) is 9.26. The molecule has 0 amide bonds. The van der Waals surface area contributed by atoms with E-state index in [-0.39, 0.29) is 6.61 Å². The molecule has 2 aromatic rings. The maximum atomic E-state index is 9.26. The Hall–Kier alpha value is -0.840. The molecule has 90 valence electrons. The Balaban J connectivity index is 2.13. The molecule has 0 radical (unpaired) electrons. The largest absolute Gasteiger partial charge is 0.487 e. The van der Waals surface area contributed by atoms with Gasteiger partial charge >= 0.3 is 0 Å². The highest BCUT2D eigenvalue weighted by Crippen LogP contribution is 2.27. The number of thiophene rings is 1. The van der Waals surface area contributed by atoms with E-state index in [1.54, 1.807) is 11.3 Å². The van der Waals surface area contributed by atoms with Crippen molar-refractivity contribution in [2.45, 2.75) is 20.1 Å². The van der Waals surface area contributed by atoms with Gasteiger partial charge in [-0.25, -0.2) is 0 Å². The predicted octanol–water partition coefficient (Wildman–Crippen LogP) is 3.89. The van der Waals surface area contributed by atoms with Gasteiger partial charge in [-0.2, -0.15) is 0 Å². The van der Waals surface area contributed by atoms with Crippen LogP contribution in [-0.2, 0) is 13.2 Å². The molecule has 0 fully saturated rings. The highest BCUT2D eigenvalue weighted by molar-refractivity contribution is 9.11. The van der Waals surface area contributed by atoms with Crippen molar-refractivity contribution in [2.75, 3.05) is 0 Å². The highest BCUT2D eigenvalue weighted by atomic mass is 79.9. The van der Waals surface area contributed by atoms with Crippen molar-refractivity contribution in [2.24, 2.45) is 0 Å². The number of aryl methyl sites for hydroxylation is 1. The van der Waals surface area contributed by atoms with E-state index in [1.165, 1.54) is 0 Å². The second kappa shape index (κ2) is 5.67. The molecule has 1 heterocycles. The molecular formula is C13H13BrO2S. The molecule has 2 nitrogen and oxygen atoms in total. The number of hydrogen-bond donors (Lipinski definition) is 1. The summed E-state index contributed by atoms with van der Waals surface area (Å²) < 4.78 is 6.89. The summed E-state index contributed by atoms with van der Waals surface area (Å²) in [6.45, 7) is 2.53. The van der Waals surface area contributed by atoms with Gasteiger partial charge < -0.3 is 9.84 Å². The Morgan fingerprint density at radius 3 is 2.76 bits per heavy atom. The zero-order valence-electron chi connectivity index (χ0n) is 9.44. The summed E-state index contributed by atoms with van der Waals surface area (Å²) >= 11 is 5.08. The number of aliphatic hydroxyl groups excluding tert-OH is 1. The van der Waals surface area contributed by atoms with E-state index >= 15 is 0 Å². The molecule has 1 N–H and O–H groups in total. The second-order valence-corrected chi connectivity index (χ2v) is 6.26. The lowest BCUT2D eigenvalue weighted by atomic mass is 10.1. The fourth-order valence-corrected chi connectivity index (χ4v) is 3.01. The van der Waals surface area contributed by atoms with Crippen LogP contribution in [0.4, 0.5) is 0 Å². The topological polar surface area (TPSA) is 29.5 Å². The first-order valence-corrected chi connectivity index (χ1v) is 6.88. The molecule has 0 spiro atoms. The Morgan fingerprint density at radius 1 is 1.29 bits per heavy atom. The van der Waals surface area contributed by atoms with Gasteiger partial charge in [-0.3, -0.25) is 0 Å². The molecule has 0 aliphatic heterocycles. The van der Waals surface area contributed by atoms with Gasteiger partial charge in [0.1, 0.15) is 12.4 Å². The molecule has 0 aliphatic rings. The standard InChI is InChI=1S/C13H13BrO2S/c1-9-3-2-4-10(7-15)13(9)16-8-11-5-6-12(14)17-11/h2-6,15H,7-8H2,1H3. The van der Waals surface area contributed by atoms with Gasteiger partial charge in [-0.05, 0) is 40.5 Å². The molecule has 0 atom stereocenters. The lowest BCUT2D eigenvalue weighted by Gasteiger charge is -2.11. The molecule has 0 saturated carbocycles. The van der Waals surface area contributed by atoms with Crippen LogP contribution in [-0.4, -0.2) is 5.11 Å². The van der Waals surface area contributed by atoms with Crippen LogP contribution >= 0.6 is 27.3 Å². The van der Waals surface area contributed by atoms with Crippen LogP contribution in [0.1, 0.15) is 16.0 Å². The van der Waals surface area contributed by atoms with Crippen LogP contribution in [0.3, 0.4) is 0 Å².